The van der Waals surface area contributed by atoms with E-state index in [0.29, 0.717) is 6.04 Å². The molecule has 1 atom stereocenters. The van der Waals surface area contributed by atoms with Gasteiger partial charge in [0.2, 0.25) is 0 Å². The summed E-state index contributed by atoms with van der Waals surface area (Å²) in [7, 11) is 3.34. The number of hydrogen-bond acceptors (Lipinski definition) is 4. The van der Waals surface area contributed by atoms with Crippen molar-refractivity contribution in [2.45, 2.75) is 52.0 Å². The van der Waals surface area contributed by atoms with Crippen molar-refractivity contribution in [3.8, 4) is 0 Å². The lowest BCUT2D eigenvalue weighted by Crippen LogP contribution is -2.44. The first kappa shape index (κ1) is 16.1. The van der Waals surface area contributed by atoms with Crippen molar-refractivity contribution in [1.82, 2.24) is 15.1 Å². The molecule has 19 heavy (non-hydrogen) atoms. The van der Waals surface area contributed by atoms with Crippen LogP contribution in [0, 0.1) is 0 Å². The van der Waals surface area contributed by atoms with Gasteiger partial charge < -0.3 is 14.8 Å². The Morgan fingerprint density at radius 1 is 1.32 bits per heavy atom. The monoisotopic (exact) mass is 269 g/mol. The number of nitrogens with one attached hydrogen (secondary N) is 1. The molecule has 0 bridgehead atoms. The lowest BCUT2D eigenvalue weighted by atomic mass is 10.1. The molecule has 5 nitrogen and oxygen atoms in total. The highest BCUT2D eigenvalue weighted by atomic mass is 16.7. The summed E-state index contributed by atoms with van der Waals surface area (Å²) in [5.74, 6) is 0. The maximum Gasteiger partial charge on any atom is 0.172 e. The first-order valence-electron chi connectivity index (χ1n) is 6.95. The molecule has 0 amide bonds. The Morgan fingerprint density at radius 3 is 2.47 bits per heavy atom. The SMILES string of the molecule is CCCNC(Cc1ccn(C(C)C)n1)C(OC)OC. The topological polar surface area (TPSA) is 48.3 Å². The van der Waals surface area contributed by atoms with Crippen LogP contribution in [0.15, 0.2) is 12.3 Å². The summed E-state index contributed by atoms with van der Waals surface area (Å²) in [5, 5.41) is 8.03. The van der Waals surface area contributed by atoms with Gasteiger partial charge in [-0.05, 0) is 32.9 Å². The van der Waals surface area contributed by atoms with E-state index < -0.39 is 0 Å². The quantitative estimate of drug-likeness (QED) is 0.697. The summed E-state index contributed by atoms with van der Waals surface area (Å²) in [6.07, 6.45) is 3.64. The van der Waals surface area contributed by atoms with Crippen molar-refractivity contribution in [2.24, 2.45) is 0 Å². The average molecular weight is 269 g/mol. The van der Waals surface area contributed by atoms with Crippen molar-refractivity contribution >= 4 is 0 Å². The summed E-state index contributed by atoms with van der Waals surface area (Å²) in [5.41, 5.74) is 1.06. The second kappa shape index (κ2) is 8.30. The van der Waals surface area contributed by atoms with Gasteiger partial charge in [0.1, 0.15) is 0 Å². The van der Waals surface area contributed by atoms with E-state index in [2.05, 4.69) is 37.3 Å². The van der Waals surface area contributed by atoms with E-state index in [9.17, 15) is 0 Å². The van der Waals surface area contributed by atoms with Crippen LogP contribution in [-0.2, 0) is 15.9 Å². The van der Waals surface area contributed by atoms with Gasteiger partial charge in [-0.15, -0.1) is 0 Å². The lowest BCUT2D eigenvalue weighted by molar-refractivity contribution is -0.122. The maximum atomic E-state index is 5.37. The molecule has 0 aliphatic rings. The van der Waals surface area contributed by atoms with Crippen molar-refractivity contribution < 1.29 is 9.47 Å². The van der Waals surface area contributed by atoms with E-state index in [0.717, 1.165) is 25.1 Å². The fourth-order valence-corrected chi connectivity index (χ4v) is 2.02. The minimum absolute atomic E-state index is 0.116. The predicted molar refractivity (Wildman–Crippen MR) is 76.2 cm³/mol. The van der Waals surface area contributed by atoms with Crippen LogP contribution in [-0.4, -0.2) is 42.9 Å². The third kappa shape index (κ3) is 4.93. The number of ether oxygens (including phenoxy) is 2. The van der Waals surface area contributed by atoms with Gasteiger partial charge in [0, 0.05) is 32.9 Å². The Balaban J connectivity index is 2.68. The highest BCUT2D eigenvalue weighted by molar-refractivity contribution is 5.02. The standard InChI is InChI=1S/C14H27N3O2/c1-6-8-15-13(14(18-4)19-5)10-12-7-9-17(16-12)11(2)3/h7,9,11,13-15H,6,8,10H2,1-5H3. The Hall–Kier alpha value is -0.910. The molecule has 0 fully saturated rings. The van der Waals surface area contributed by atoms with Crippen molar-refractivity contribution in [3.05, 3.63) is 18.0 Å². The molecule has 1 heterocycles. The van der Waals surface area contributed by atoms with Crippen LogP contribution < -0.4 is 5.32 Å². The molecular weight excluding hydrogens is 242 g/mol. The van der Waals surface area contributed by atoms with E-state index in [-0.39, 0.29) is 12.3 Å². The van der Waals surface area contributed by atoms with Crippen molar-refractivity contribution in [2.75, 3.05) is 20.8 Å². The van der Waals surface area contributed by atoms with Crippen LogP contribution in [0.5, 0.6) is 0 Å². The molecule has 0 aliphatic carbocycles. The van der Waals surface area contributed by atoms with Crippen LogP contribution in [0.4, 0.5) is 0 Å². The van der Waals surface area contributed by atoms with Crippen LogP contribution in [0.25, 0.3) is 0 Å². The van der Waals surface area contributed by atoms with E-state index in [1.54, 1.807) is 14.2 Å². The van der Waals surface area contributed by atoms with Crippen LogP contribution >= 0.6 is 0 Å². The number of hydrogen-bond donors (Lipinski definition) is 1. The van der Waals surface area contributed by atoms with E-state index in [4.69, 9.17) is 9.47 Å². The Kier molecular flexibility index (Phi) is 7.05. The maximum absolute atomic E-state index is 5.37. The van der Waals surface area contributed by atoms with Crippen molar-refractivity contribution in [1.29, 1.82) is 0 Å². The summed E-state index contributed by atoms with van der Waals surface area (Å²) in [6, 6.07) is 2.56. The molecule has 0 spiro atoms. The zero-order chi connectivity index (χ0) is 14.3. The highest BCUT2D eigenvalue weighted by Gasteiger charge is 2.21. The Bertz CT molecular complexity index is 348. The average Bonchev–Trinajstić information content (AvgIpc) is 2.85. The third-order valence-corrected chi connectivity index (χ3v) is 3.07. The summed E-state index contributed by atoms with van der Waals surface area (Å²) in [6.45, 7) is 7.33. The molecule has 1 rings (SSSR count). The predicted octanol–water partition coefficient (Wildman–Crippen LogP) is 1.99. The zero-order valence-electron chi connectivity index (χ0n) is 12.7. The van der Waals surface area contributed by atoms with Gasteiger partial charge in [0.25, 0.3) is 0 Å². The lowest BCUT2D eigenvalue weighted by Gasteiger charge is -2.25. The molecule has 1 aromatic rings. The Morgan fingerprint density at radius 2 is 2.00 bits per heavy atom. The molecule has 0 saturated heterocycles. The third-order valence-electron chi connectivity index (χ3n) is 3.07. The van der Waals surface area contributed by atoms with E-state index >= 15 is 0 Å². The minimum Gasteiger partial charge on any atom is -0.354 e. The second-order valence-electron chi connectivity index (χ2n) is 4.99. The number of nitrogens with zero attached hydrogens (tertiary/aromatic N) is 2. The van der Waals surface area contributed by atoms with Gasteiger partial charge in [-0.2, -0.15) is 5.10 Å². The van der Waals surface area contributed by atoms with Gasteiger partial charge >= 0.3 is 0 Å². The fourth-order valence-electron chi connectivity index (χ4n) is 2.02. The normalized spacial score (nSPS) is 13.4. The first-order chi connectivity index (χ1) is 9.12. The molecule has 5 heteroatoms. The molecule has 0 radical (unpaired) electrons. The molecule has 0 aromatic carbocycles. The summed E-state index contributed by atoms with van der Waals surface area (Å²) >= 11 is 0. The molecule has 1 aromatic heterocycles. The van der Waals surface area contributed by atoms with Gasteiger partial charge in [-0.1, -0.05) is 6.92 Å². The second-order valence-corrected chi connectivity index (χ2v) is 4.99. The fraction of sp³-hybridized carbons (Fsp3) is 0.786. The molecule has 1 N–H and O–H groups in total. The largest absolute Gasteiger partial charge is 0.354 e. The minimum atomic E-state index is -0.254. The molecule has 110 valence electrons. The Labute approximate surface area is 116 Å². The molecular formula is C14H27N3O2. The van der Waals surface area contributed by atoms with Crippen LogP contribution in [0.1, 0.15) is 38.9 Å². The first-order valence-corrected chi connectivity index (χ1v) is 6.95. The molecule has 0 aliphatic heterocycles. The van der Waals surface area contributed by atoms with Crippen LogP contribution in [0.2, 0.25) is 0 Å². The van der Waals surface area contributed by atoms with Crippen molar-refractivity contribution in [3.63, 3.8) is 0 Å². The molecule has 1 unspecified atom stereocenters. The zero-order valence-corrected chi connectivity index (χ0v) is 12.7. The van der Waals surface area contributed by atoms with Gasteiger partial charge in [-0.3, -0.25) is 4.68 Å². The molecule has 0 saturated carbocycles. The van der Waals surface area contributed by atoms with E-state index in [1.165, 1.54) is 0 Å². The smallest absolute Gasteiger partial charge is 0.172 e. The summed E-state index contributed by atoms with van der Waals surface area (Å²) in [4.78, 5) is 0. The van der Waals surface area contributed by atoms with Crippen LogP contribution in [0.3, 0.4) is 0 Å². The number of methoxy groups -OCH3 is 2. The van der Waals surface area contributed by atoms with Gasteiger partial charge in [0.15, 0.2) is 6.29 Å². The van der Waals surface area contributed by atoms with Gasteiger partial charge in [-0.25, -0.2) is 0 Å². The number of rotatable bonds is 9. The van der Waals surface area contributed by atoms with E-state index in [1.807, 2.05) is 10.9 Å². The number of aromatic nitrogens is 2. The summed E-state index contributed by atoms with van der Waals surface area (Å²) < 4.78 is 12.7. The highest BCUT2D eigenvalue weighted by Crippen LogP contribution is 2.10. The van der Waals surface area contributed by atoms with Gasteiger partial charge in [0.05, 0.1) is 11.7 Å².